The number of furan rings is 1. The topological polar surface area (TPSA) is 42.7 Å². The summed E-state index contributed by atoms with van der Waals surface area (Å²) in [5.41, 5.74) is 3.73. The van der Waals surface area contributed by atoms with Gasteiger partial charge in [0.15, 0.2) is 0 Å². The molecule has 0 spiro atoms. The van der Waals surface area contributed by atoms with E-state index in [1.54, 1.807) is 25.1 Å². The first-order chi connectivity index (χ1) is 10.3. The zero-order chi connectivity index (χ0) is 16.4. The third-order valence-corrected chi connectivity index (χ3v) is 3.78. The molecule has 22 heavy (non-hydrogen) atoms. The molecule has 1 aromatic carbocycles. The van der Waals surface area contributed by atoms with Crippen molar-refractivity contribution in [3.05, 3.63) is 35.1 Å². The van der Waals surface area contributed by atoms with E-state index in [1.807, 2.05) is 39.8 Å². The summed E-state index contributed by atoms with van der Waals surface area (Å²) in [5, 5.41) is 1.06. The van der Waals surface area contributed by atoms with E-state index in [0.717, 1.165) is 39.2 Å². The Labute approximate surface area is 131 Å². The van der Waals surface area contributed by atoms with E-state index in [4.69, 9.17) is 9.15 Å². The first-order valence-corrected chi connectivity index (χ1v) is 7.41. The van der Waals surface area contributed by atoms with Gasteiger partial charge in [-0.05, 0) is 44.9 Å². The zero-order valence-electron chi connectivity index (χ0n) is 14.1. The molecule has 0 unspecified atom stereocenters. The Morgan fingerprint density at radius 3 is 2.59 bits per heavy atom. The van der Waals surface area contributed by atoms with Crippen LogP contribution in [0.2, 0.25) is 0 Å². The van der Waals surface area contributed by atoms with Gasteiger partial charge in [-0.2, -0.15) is 0 Å². The highest BCUT2D eigenvalue weighted by atomic mass is 16.5. The Kier molecular flexibility index (Phi) is 4.59. The number of allylic oxidation sites excluding steroid dienone is 1. The lowest BCUT2D eigenvalue weighted by atomic mass is 10.0. The summed E-state index contributed by atoms with van der Waals surface area (Å²) in [6.07, 6.45) is 1.63. The molecule has 0 aliphatic rings. The number of carbonyl (C=O) groups is 1. The fourth-order valence-corrected chi connectivity index (χ4v) is 2.34. The highest BCUT2D eigenvalue weighted by Gasteiger charge is 2.14. The van der Waals surface area contributed by atoms with Crippen LogP contribution < -0.4 is 4.74 Å². The number of likely N-dealkylation sites (N-methyl/N-ethyl adjacent to an activating group) is 1. The van der Waals surface area contributed by atoms with Crippen LogP contribution in [0.5, 0.6) is 5.75 Å². The van der Waals surface area contributed by atoms with Crippen LogP contribution in [0.15, 0.2) is 22.6 Å². The highest BCUT2D eigenvalue weighted by Crippen LogP contribution is 2.35. The second-order valence-corrected chi connectivity index (χ2v) is 5.62. The summed E-state index contributed by atoms with van der Waals surface area (Å²) < 4.78 is 11.5. The summed E-state index contributed by atoms with van der Waals surface area (Å²) in [7, 11) is 3.48. The molecule has 2 aromatic rings. The average molecular weight is 301 g/mol. The van der Waals surface area contributed by atoms with Crippen molar-refractivity contribution >= 4 is 22.4 Å². The molecule has 2 rings (SSSR count). The maximum atomic E-state index is 11.9. The van der Waals surface area contributed by atoms with Gasteiger partial charge in [-0.1, -0.05) is 0 Å². The minimum absolute atomic E-state index is 0.0415. The van der Waals surface area contributed by atoms with Crippen LogP contribution in [0.4, 0.5) is 0 Å². The first-order valence-electron chi connectivity index (χ1n) is 7.41. The minimum atomic E-state index is -0.0415. The highest BCUT2D eigenvalue weighted by molar-refractivity contribution is 5.97. The first kappa shape index (κ1) is 16.1. The fraction of sp³-hybridized carbons (Fsp3) is 0.389. The molecule has 0 saturated heterocycles. The third-order valence-electron chi connectivity index (χ3n) is 3.78. The van der Waals surface area contributed by atoms with E-state index in [0.29, 0.717) is 6.61 Å². The van der Waals surface area contributed by atoms with Crippen molar-refractivity contribution in [1.29, 1.82) is 0 Å². The second-order valence-electron chi connectivity index (χ2n) is 5.62. The van der Waals surface area contributed by atoms with Crippen molar-refractivity contribution in [1.82, 2.24) is 4.90 Å². The number of benzene rings is 1. The molecule has 0 N–H and O–H groups in total. The van der Waals surface area contributed by atoms with Gasteiger partial charge in [0.1, 0.15) is 17.1 Å². The number of hydrogen-bond donors (Lipinski definition) is 0. The van der Waals surface area contributed by atoms with Crippen molar-refractivity contribution in [3.63, 3.8) is 0 Å². The van der Waals surface area contributed by atoms with E-state index >= 15 is 0 Å². The van der Waals surface area contributed by atoms with E-state index < -0.39 is 0 Å². The summed E-state index contributed by atoms with van der Waals surface area (Å²) in [4.78, 5) is 13.5. The molecule has 1 aromatic heterocycles. The molecule has 0 aliphatic heterocycles. The Hall–Kier alpha value is -2.23. The number of carbonyl (C=O) groups excluding carboxylic acids is 1. The Morgan fingerprint density at radius 2 is 2.00 bits per heavy atom. The molecule has 1 heterocycles. The van der Waals surface area contributed by atoms with Gasteiger partial charge in [0.2, 0.25) is 5.91 Å². The summed E-state index contributed by atoms with van der Waals surface area (Å²) in [5.74, 6) is 1.60. The minimum Gasteiger partial charge on any atom is -0.493 e. The van der Waals surface area contributed by atoms with Gasteiger partial charge < -0.3 is 14.1 Å². The molecule has 4 heteroatoms. The van der Waals surface area contributed by atoms with Crippen LogP contribution in [0.1, 0.15) is 30.7 Å². The molecule has 0 radical (unpaired) electrons. The molecule has 0 saturated carbocycles. The van der Waals surface area contributed by atoms with Crippen LogP contribution in [0.3, 0.4) is 0 Å². The van der Waals surface area contributed by atoms with Crippen molar-refractivity contribution in [2.75, 3.05) is 20.7 Å². The van der Waals surface area contributed by atoms with Crippen molar-refractivity contribution < 1.29 is 13.9 Å². The van der Waals surface area contributed by atoms with Gasteiger partial charge in [0, 0.05) is 37.2 Å². The molecule has 0 atom stereocenters. The Balaban J connectivity index is 2.61. The number of ether oxygens (including phenoxy) is 1. The molecule has 1 amide bonds. The van der Waals surface area contributed by atoms with Crippen molar-refractivity contribution in [2.24, 2.45) is 0 Å². The van der Waals surface area contributed by atoms with Crippen LogP contribution in [-0.2, 0) is 4.79 Å². The second kappa shape index (κ2) is 6.26. The van der Waals surface area contributed by atoms with E-state index in [2.05, 4.69) is 0 Å². The summed E-state index contributed by atoms with van der Waals surface area (Å²) >= 11 is 0. The molecule has 4 nitrogen and oxygen atoms in total. The van der Waals surface area contributed by atoms with Gasteiger partial charge in [-0.25, -0.2) is 0 Å². The monoisotopic (exact) mass is 301 g/mol. The summed E-state index contributed by atoms with van der Waals surface area (Å²) in [6.45, 7) is 8.42. The lowest BCUT2D eigenvalue weighted by Gasteiger charge is -2.12. The van der Waals surface area contributed by atoms with E-state index in [9.17, 15) is 4.79 Å². The van der Waals surface area contributed by atoms with Crippen molar-refractivity contribution in [3.8, 4) is 5.75 Å². The smallest absolute Gasteiger partial charge is 0.246 e. The number of nitrogens with zero attached hydrogens (tertiary/aromatic N) is 1. The molecule has 0 fully saturated rings. The molecule has 0 bridgehead atoms. The number of amides is 1. The van der Waals surface area contributed by atoms with Crippen LogP contribution >= 0.6 is 0 Å². The fourth-order valence-electron chi connectivity index (χ4n) is 2.34. The van der Waals surface area contributed by atoms with Gasteiger partial charge in [-0.15, -0.1) is 0 Å². The van der Waals surface area contributed by atoms with Gasteiger partial charge in [0.05, 0.1) is 6.61 Å². The third kappa shape index (κ3) is 3.01. The predicted molar refractivity (Wildman–Crippen MR) is 89.2 cm³/mol. The van der Waals surface area contributed by atoms with Crippen molar-refractivity contribution in [2.45, 2.75) is 27.7 Å². The molecular weight excluding hydrogens is 278 g/mol. The maximum Gasteiger partial charge on any atom is 0.246 e. The van der Waals surface area contributed by atoms with Crippen LogP contribution in [0, 0.1) is 13.8 Å². The predicted octanol–water partition coefficient (Wildman–Crippen LogP) is 3.94. The lowest BCUT2D eigenvalue weighted by molar-refractivity contribution is -0.123. The molecule has 0 aliphatic carbocycles. The average Bonchev–Trinajstić information content (AvgIpc) is 2.73. The van der Waals surface area contributed by atoms with E-state index in [1.165, 1.54) is 0 Å². The number of fused-ring (bicyclic) bond motifs is 1. The summed E-state index contributed by atoms with van der Waals surface area (Å²) in [6, 6.07) is 3.95. The maximum absolute atomic E-state index is 11.9. The quantitative estimate of drug-likeness (QED) is 0.803. The van der Waals surface area contributed by atoms with Crippen LogP contribution in [-0.4, -0.2) is 31.5 Å². The normalized spacial score (nSPS) is 11.8. The van der Waals surface area contributed by atoms with Gasteiger partial charge in [-0.3, -0.25) is 4.79 Å². The van der Waals surface area contributed by atoms with Gasteiger partial charge >= 0.3 is 0 Å². The number of rotatable bonds is 4. The Morgan fingerprint density at radius 1 is 1.32 bits per heavy atom. The van der Waals surface area contributed by atoms with E-state index in [-0.39, 0.29) is 5.91 Å². The zero-order valence-corrected chi connectivity index (χ0v) is 14.1. The largest absolute Gasteiger partial charge is 0.493 e. The van der Waals surface area contributed by atoms with Crippen LogP contribution in [0.25, 0.3) is 16.5 Å². The number of hydrogen-bond acceptors (Lipinski definition) is 3. The Bertz CT molecular complexity index is 738. The SMILES string of the molecule is CCOc1cc2oc(C)c(C)c2cc1/C(C)=C/C(=O)N(C)C. The van der Waals surface area contributed by atoms with Gasteiger partial charge in [0.25, 0.3) is 0 Å². The molecular formula is C18H23NO3. The lowest BCUT2D eigenvalue weighted by Crippen LogP contribution is -2.19. The number of aryl methyl sites for hydroxylation is 2. The molecule has 118 valence electrons. The standard InChI is InChI=1S/C18H23NO3/c1-7-21-16-10-17-15(12(3)13(4)22-17)9-14(16)11(2)8-18(20)19(5)6/h8-10H,7H2,1-6H3/b11-8+.